The molecule has 3 atom stereocenters. The Morgan fingerprint density at radius 2 is 2.18 bits per heavy atom. The van der Waals surface area contributed by atoms with E-state index in [9.17, 15) is 4.21 Å². The molecular formula is C11H19N3O2S. The Morgan fingerprint density at radius 1 is 1.47 bits per heavy atom. The highest BCUT2D eigenvalue weighted by Crippen LogP contribution is 2.17. The van der Waals surface area contributed by atoms with Gasteiger partial charge in [-0.2, -0.15) is 10.2 Å². The molecule has 0 aliphatic heterocycles. The summed E-state index contributed by atoms with van der Waals surface area (Å²) in [6.07, 6.45) is 1.48. The first kappa shape index (κ1) is 14.2. The van der Waals surface area contributed by atoms with E-state index < -0.39 is 11.1 Å². The minimum absolute atomic E-state index is 0.0866. The highest BCUT2D eigenvalue weighted by molar-refractivity contribution is 7.79. The second-order valence-corrected chi connectivity index (χ2v) is 5.21. The van der Waals surface area contributed by atoms with Crippen LogP contribution in [0.4, 0.5) is 0 Å². The Labute approximate surface area is 104 Å². The summed E-state index contributed by atoms with van der Waals surface area (Å²) >= 11 is -1.77. The Bertz CT molecular complexity index is 369. The van der Waals surface area contributed by atoms with Gasteiger partial charge < -0.3 is 10.3 Å². The van der Waals surface area contributed by atoms with Gasteiger partial charge in [0.1, 0.15) is 0 Å². The van der Waals surface area contributed by atoms with Gasteiger partial charge in [-0.25, -0.2) is 4.21 Å². The van der Waals surface area contributed by atoms with Gasteiger partial charge in [-0.15, -0.1) is 0 Å². The number of nitrogens with two attached hydrogens (primary N) is 1. The van der Waals surface area contributed by atoms with Crippen LogP contribution in [-0.4, -0.2) is 24.7 Å². The van der Waals surface area contributed by atoms with Crippen molar-refractivity contribution in [3.05, 3.63) is 23.5 Å². The van der Waals surface area contributed by atoms with Crippen molar-refractivity contribution in [1.82, 2.24) is 10.2 Å². The predicted molar refractivity (Wildman–Crippen MR) is 67.8 cm³/mol. The molecule has 1 rings (SSSR count). The lowest BCUT2D eigenvalue weighted by Gasteiger charge is -2.15. The number of aryl methyl sites for hydroxylation is 1. The van der Waals surface area contributed by atoms with Crippen LogP contribution >= 0.6 is 0 Å². The van der Waals surface area contributed by atoms with E-state index in [0.717, 1.165) is 17.8 Å². The standard InChI is InChI=1S/C11H19N3O2S/c1-3-9-4-5-11(14-13-9)10(12)6-8(2)7-17(15)16/h4-5,8,10H,3,6-7,12H2,1-2H3,(H,15,16). The second-order valence-electron chi connectivity index (χ2n) is 4.24. The van der Waals surface area contributed by atoms with Crippen LogP contribution in [0, 0.1) is 5.92 Å². The van der Waals surface area contributed by atoms with Gasteiger partial charge >= 0.3 is 0 Å². The van der Waals surface area contributed by atoms with Crippen LogP contribution in [0.2, 0.25) is 0 Å². The van der Waals surface area contributed by atoms with Crippen molar-refractivity contribution < 1.29 is 8.76 Å². The summed E-state index contributed by atoms with van der Waals surface area (Å²) in [4.78, 5) is 0. The van der Waals surface area contributed by atoms with E-state index in [1.807, 2.05) is 26.0 Å². The van der Waals surface area contributed by atoms with Crippen molar-refractivity contribution in [3.8, 4) is 0 Å². The van der Waals surface area contributed by atoms with Crippen molar-refractivity contribution in [2.45, 2.75) is 32.7 Å². The summed E-state index contributed by atoms with van der Waals surface area (Å²) in [5, 5.41) is 8.12. The zero-order valence-corrected chi connectivity index (χ0v) is 11.0. The minimum atomic E-state index is -1.77. The smallest absolute Gasteiger partial charge is 0.153 e. The average molecular weight is 257 g/mol. The largest absolute Gasteiger partial charge is 0.323 e. The second kappa shape index (κ2) is 6.78. The van der Waals surface area contributed by atoms with Gasteiger partial charge in [0.2, 0.25) is 0 Å². The number of nitrogens with zero attached hydrogens (tertiary/aromatic N) is 2. The maximum absolute atomic E-state index is 10.7. The van der Waals surface area contributed by atoms with Crippen LogP contribution in [0.25, 0.3) is 0 Å². The fourth-order valence-electron chi connectivity index (χ4n) is 1.62. The molecule has 0 saturated heterocycles. The quantitative estimate of drug-likeness (QED) is 0.749. The predicted octanol–water partition coefficient (Wildman–Crippen LogP) is 1.29. The minimum Gasteiger partial charge on any atom is -0.323 e. The molecule has 0 fully saturated rings. The first-order valence-electron chi connectivity index (χ1n) is 5.68. The Kier molecular flexibility index (Phi) is 5.67. The summed E-state index contributed by atoms with van der Waals surface area (Å²) in [5.41, 5.74) is 7.65. The summed E-state index contributed by atoms with van der Waals surface area (Å²) < 4.78 is 19.4. The highest BCUT2D eigenvalue weighted by Gasteiger charge is 2.14. The molecule has 0 aromatic carbocycles. The number of aromatic nitrogens is 2. The molecule has 17 heavy (non-hydrogen) atoms. The lowest BCUT2D eigenvalue weighted by Crippen LogP contribution is -2.19. The topological polar surface area (TPSA) is 89.1 Å². The normalized spacial score (nSPS) is 16.5. The van der Waals surface area contributed by atoms with E-state index >= 15 is 0 Å². The van der Waals surface area contributed by atoms with Crippen molar-refractivity contribution >= 4 is 11.1 Å². The van der Waals surface area contributed by atoms with E-state index in [4.69, 9.17) is 10.3 Å². The molecule has 5 nitrogen and oxygen atoms in total. The third-order valence-corrected chi connectivity index (χ3v) is 3.42. The summed E-state index contributed by atoms with van der Waals surface area (Å²) in [6.45, 7) is 3.92. The summed E-state index contributed by atoms with van der Waals surface area (Å²) in [6, 6.07) is 3.56. The van der Waals surface area contributed by atoms with Crippen LogP contribution < -0.4 is 5.73 Å². The average Bonchev–Trinajstić information content (AvgIpc) is 2.28. The van der Waals surface area contributed by atoms with Crippen molar-refractivity contribution in [2.75, 3.05) is 5.75 Å². The van der Waals surface area contributed by atoms with Gasteiger partial charge in [0.25, 0.3) is 0 Å². The number of hydrogen-bond acceptors (Lipinski definition) is 4. The van der Waals surface area contributed by atoms with Crippen LogP contribution in [0.5, 0.6) is 0 Å². The van der Waals surface area contributed by atoms with Crippen LogP contribution in [0.1, 0.15) is 37.7 Å². The maximum Gasteiger partial charge on any atom is 0.153 e. The van der Waals surface area contributed by atoms with Crippen LogP contribution in [0.3, 0.4) is 0 Å². The molecule has 0 aliphatic rings. The monoisotopic (exact) mass is 257 g/mol. The molecule has 0 bridgehead atoms. The molecule has 0 radical (unpaired) electrons. The zero-order chi connectivity index (χ0) is 12.8. The third kappa shape index (κ3) is 4.89. The SMILES string of the molecule is CCc1ccc(C(N)CC(C)CS(=O)O)nn1. The fourth-order valence-corrected chi connectivity index (χ4v) is 2.25. The molecule has 1 aromatic heterocycles. The van der Waals surface area contributed by atoms with Crippen molar-refractivity contribution in [1.29, 1.82) is 0 Å². The number of hydrogen-bond donors (Lipinski definition) is 2. The van der Waals surface area contributed by atoms with E-state index in [1.54, 1.807) is 0 Å². The Hall–Kier alpha value is -0.850. The van der Waals surface area contributed by atoms with Gasteiger partial charge in [0, 0.05) is 6.04 Å². The van der Waals surface area contributed by atoms with E-state index in [-0.39, 0.29) is 17.7 Å². The van der Waals surface area contributed by atoms with Crippen LogP contribution in [0.15, 0.2) is 12.1 Å². The van der Waals surface area contributed by atoms with Gasteiger partial charge in [-0.05, 0) is 30.9 Å². The number of rotatable bonds is 6. The molecule has 0 amide bonds. The Morgan fingerprint density at radius 3 is 2.65 bits per heavy atom. The Balaban J connectivity index is 2.56. The van der Waals surface area contributed by atoms with Gasteiger partial charge in [0.15, 0.2) is 11.1 Å². The van der Waals surface area contributed by atoms with E-state index in [1.165, 1.54) is 0 Å². The van der Waals surface area contributed by atoms with Gasteiger partial charge in [0.05, 0.1) is 17.1 Å². The molecular weight excluding hydrogens is 238 g/mol. The molecule has 0 aliphatic carbocycles. The van der Waals surface area contributed by atoms with E-state index in [2.05, 4.69) is 10.2 Å². The zero-order valence-electron chi connectivity index (χ0n) is 10.2. The fraction of sp³-hybridized carbons (Fsp3) is 0.636. The third-order valence-electron chi connectivity index (χ3n) is 2.57. The molecule has 1 aromatic rings. The molecule has 0 spiro atoms. The van der Waals surface area contributed by atoms with Crippen molar-refractivity contribution in [2.24, 2.45) is 11.7 Å². The first-order valence-corrected chi connectivity index (χ1v) is 6.96. The summed E-state index contributed by atoms with van der Waals surface area (Å²) in [5.74, 6) is 0.331. The van der Waals surface area contributed by atoms with Crippen LogP contribution in [-0.2, 0) is 17.5 Å². The molecule has 3 N–H and O–H groups in total. The van der Waals surface area contributed by atoms with Gasteiger partial charge in [-0.1, -0.05) is 13.8 Å². The first-order chi connectivity index (χ1) is 8.02. The lowest BCUT2D eigenvalue weighted by molar-refractivity contribution is 0.484. The lowest BCUT2D eigenvalue weighted by atomic mass is 10.0. The molecule has 3 unspecified atom stereocenters. The van der Waals surface area contributed by atoms with E-state index in [0.29, 0.717) is 6.42 Å². The summed E-state index contributed by atoms with van der Waals surface area (Å²) in [7, 11) is 0. The highest BCUT2D eigenvalue weighted by atomic mass is 32.2. The maximum atomic E-state index is 10.7. The molecule has 0 saturated carbocycles. The molecule has 6 heteroatoms. The van der Waals surface area contributed by atoms with Gasteiger partial charge in [-0.3, -0.25) is 0 Å². The van der Waals surface area contributed by atoms with Crippen molar-refractivity contribution in [3.63, 3.8) is 0 Å². The molecule has 1 heterocycles. The molecule has 96 valence electrons.